The molecule has 1 aliphatic rings. The molecule has 86 valence electrons. The lowest BCUT2D eigenvalue weighted by Gasteiger charge is -2.46. The number of hydrogen-bond donors (Lipinski definition) is 1. The molecule has 0 heterocycles. The summed E-state index contributed by atoms with van der Waals surface area (Å²) in [6.45, 7) is 14.5. The highest BCUT2D eigenvalue weighted by molar-refractivity contribution is 5.15. The highest BCUT2D eigenvalue weighted by Gasteiger charge is 2.42. The first-order valence-electron chi connectivity index (χ1n) is 5.88. The van der Waals surface area contributed by atoms with Gasteiger partial charge in [-0.2, -0.15) is 0 Å². The Hall–Kier alpha value is -0.560. The van der Waals surface area contributed by atoms with Crippen LogP contribution in [0.2, 0.25) is 0 Å². The molecule has 0 spiro atoms. The zero-order valence-electron chi connectivity index (χ0n) is 10.3. The summed E-state index contributed by atoms with van der Waals surface area (Å²) in [5.74, 6) is 0.886. The molecule has 0 radical (unpaired) electrons. The fraction of sp³-hybridized carbons (Fsp3) is 0.714. The van der Waals surface area contributed by atoms with Gasteiger partial charge in [-0.05, 0) is 36.5 Å². The molecular formula is C14H24O. The predicted molar refractivity (Wildman–Crippen MR) is 65.6 cm³/mol. The third-order valence-corrected chi connectivity index (χ3v) is 4.08. The van der Waals surface area contributed by atoms with Crippen LogP contribution in [0.1, 0.15) is 40.0 Å². The largest absolute Gasteiger partial charge is 0.392 e. The minimum absolute atomic E-state index is 0.0556. The maximum absolute atomic E-state index is 10.2. The monoisotopic (exact) mass is 208 g/mol. The summed E-state index contributed by atoms with van der Waals surface area (Å²) in [5.41, 5.74) is 1.34. The number of aliphatic hydroxyl groups is 1. The fourth-order valence-corrected chi connectivity index (χ4v) is 3.03. The second-order valence-corrected chi connectivity index (χ2v) is 5.46. The summed E-state index contributed by atoms with van der Waals surface area (Å²) in [7, 11) is 0. The molecule has 1 nitrogen and oxygen atoms in total. The van der Waals surface area contributed by atoms with Gasteiger partial charge in [0.15, 0.2) is 0 Å². The van der Waals surface area contributed by atoms with Crippen LogP contribution in [0.15, 0.2) is 24.8 Å². The summed E-state index contributed by atoms with van der Waals surface area (Å²) in [6.07, 6.45) is 4.48. The smallest absolute Gasteiger partial charge is 0.0613 e. The van der Waals surface area contributed by atoms with Gasteiger partial charge in [-0.1, -0.05) is 39.0 Å². The van der Waals surface area contributed by atoms with E-state index in [1.165, 1.54) is 5.57 Å². The van der Waals surface area contributed by atoms with Crippen molar-refractivity contribution in [3.63, 3.8) is 0 Å². The summed E-state index contributed by atoms with van der Waals surface area (Å²) >= 11 is 0. The van der Waals surface area contributed by atoms with Crippen LogP contribution in [-0.4, -0.2) is 11.2 Å². The normalized spacial score (nSPS) is 32.4. The highest BCUT2D eigenvalue weighted by Crippen LogP contribution is 2.48. The van der Waals surface area contributed by atoms with Crippen molar-refractivity contribution >= 4 is 0 Å². The number of rotatable bonds is 3. The first-order chi connectivity index (χ1) is 6.91. The van der Waals surface area contributed by atoms with E-state index in [0.29, 0.717) is 18.3 Å². The SMILES string of the molecule is C=CCC(O)[C@H]1[C@@H](C)CCC(=C)C1(C)C. The van der Waals surface area contributed by atoms with Gasteiger partial charge in [0.1, 0.15) is 0 Å². The van der Waals surface area contributed by atoms with Crippen molar-refractivity contribution < 1.29 is 5.11 Å². The maximum Gasteiger partial charge on any atom is 0.0613 e. The molecular weight excluding hydrogens is 184 g/mol. The van der Waals surface area contributed by atoms with Crippen molar-refractivity contribution in [2.24, 2.45) is 17.3 Å². The molecule has 0 aromatic rings. The lowest BCUT2D eigenvalue weighted by atomic mass is 9.59. The van der Waals surface area contributed by atoms with Gasteiger partial charge in [-0.25, -0.2) is 0 Å². The maximum atomic E-state index is 10.2. The Morgan fingerprint density at radius 2 is 2.20 bits per heavy atom. The van der Waals surface area contributed by atoms with Crippen LogP contribution < -0.4 is 0 Å². The Labute approximate surface area is 93.9 Å². The molecule has 1 unspecified atom stereocenters. The minimum Gasteiger partial charge on any atom is -0.392 e. The minimum atomic E-state index is -0.274. The Morgan fingerprint density at radius 3 is 2.73 bits per heavy atom. The zero-order chi connectivity index (χ0) is 11.6. The van der Waals surface area contributed by atoms with Crippen LogP contribution in [0.5, 0.6) is 0 Å². The zero-order valence-corrected chi connectivity index (χ0v) is 10.3. The third kappa shape index (κ3) is 2.34. The van der Waals surface area contributed by atoms with Gasteiger partial charge in [0.25, 0.3) is 0 Å². The van der Waals surface area contributed by atoms with Gasteiger partial charge >= 0.3 is 0 Å². The number of aliphatic hydroxyl groups excluding tert-OH is 1. The Bertz CT molecular complexity index is 252. The van der Waals surface area contributed by atoms with Gasteiger partial charge in [0.2, 0.25) is 0 Å². The Balaban J connectivity index is 2.89. The van der Waals surface area contributed by atoms with Crippen LogP contribution in [-0.2, 0) is 0 Å². The van der Waals surface area contributed by atoms with E-state index < -0.39 is 0 Å². The number of allylic oxidation sites excluding steroid dienone is 1. The van der Waals surface area contributed by atoms with Crippen LogP contribution >= 0.6 is 0 Å². The standard InChI is InChI=1S/C14H24O/c1-6-7-12(15)13-10(2)8-9-11(3)14(13,4)5/h6,10,12-13,15H,1,3,7-9H2,2,4-5H3/t10-,12?,13+/m0/s1. The van der Waals surface area contributed by atoms with E-state index in [-0.39, 0.29) is 11.5 Å². The van der Waals surface area contributed by atoms with Crippen molar-refractivity contribution in [2.75, 3.05) is 0 Å². The predicted octanol–water partition coefficient (Wildman–Crippen LogP) is 3.55. The van der Waals surface area contributed by atoms with Gasteiger partial charge in [0, 0.05) is 0 Å². The fourth-order valence-electron chi connectivity index (χ4n) is 3.03. The van der Waals surface area contributed by atoms with Crippen molar-refractivity contribution in [1.82, 2.24) is 0 Å². The Kier molecular flexibility index (Phi) is 3.77. The molecule has 0 saturated heterocycles. The summed E-state index contributed by atoms with van der Waals surface area (Å²) in [6, 6.07) is 0. The average molecular weight is 208 g/mol. The second-order valence-electron chi connectivity index (χ2n) is 5.46. The molecule has 0 aromatic carbocycles. The van der Waals surface area contributed by atoms with E-state index in [1.54, 1.807) is 0 Å². The van der Waals surface area contributed by atoms with Crippen molar-refractivity contribution in [2.45, 2.75) is 46.1 Å². The van der Waals surface area contributed by atoms with Crippen molar-refractivity contribution in [3.05, 3.63) is 24.8 Å². The van der Waals surface area contributed by atoms with Gasteiger partial charge in [0.05, 0.1) is 6.10 Å². The van der Waals surface area contributed by atoms with Crippen molar-refractivity contribution in [3.8, 4) is 0 Å². The molecule has 1 fully saturated rings. The molecule has 0 aliphatic heterocycles. The molecule has 0 bridgehead atoms. The molecule has 0 aromatic heterocycles. The molecule has 1 saturated carbocycles. The summed E-state index contributed by atoms with van der Waals surface area (Å²) in [4.78, 5) is 0. The lowest BCUT2D eigenvalue weighted by molar-refractivity contribution is 0.00162. The van der Waals surface area contributed by atoms with Crippen LogP contribution in [0.25, 0.3) is 0 Å². The summed E-state index contributed by atoms with van der Waals surface area (Å²) in [5, 5.41) is 10.2. The van der Waals surface area contributed by atoms with E-state index in [9.17, 15) is 5.11 Å². The molecule has 1 aliphatic carbocycles. The van der Waals surface area contributed by atoms with Crippen LogP contribution in [0.3, 0.4) is 0 Å². The van der Waals surface area contributed by atoms with Crippen molar-refractivity contribution in [1.29, 1.82) is 0 Å². The Morgan fingerprint density at radius 1 is 1.60 bits per heavy atom. The van der Waals surface area contributed by atoms with Gasteiger partial charge < -0.3 is 5.11 Å². The van der Waals surface area contributed by atoms with Gasteiger partial charge in [-0.3, -0.25) is 0 Å². The van der Waals surface area contributed by atoms with E-state index in [2.05, 4.69) is 33.9 Å². The first kappa shape index (κ1) is 12.5. The molecule has 1 N–H and O–H groups in total. The van der Waals surface area contributed by atoms with E-state index in [1.807, 2.05) is 6.08 Å². The topological polar surface area (TPSA) is 20.2 Å². The molecule has 0 amide bonds. The van der Waals surface area contributed by atoms with Crippen LogP contribution in [0, 0.1) is 17.3 Å². The summed E-state index contributed by atoms with van der Waals surface area (Å²) < 4.78 is 0. The lowest BCUT2D eigenvalue weighted by Crippen LogP contribution is -2.42. The molecule has 15 heavy (non-hydrogen) atoms. The number of hydrogen-bond acceptors (Lipinski definition) is 1. The van der Waals surface area contributed by atoms with Crippen LogP contribution in [0.4, 0.5) is 0 Å². The average Bonchev–Trinajstić information content (AvgIpc) is 2.12. The quantitative estimate of drug-likeness (QED) is 0.703. The second kappa shape index (κ2) is 4.52. The first-order valence-corrected chi connectivity index (χ1v) is 5.88. The van der Waals surface area contributed by atoms with E-state index in [4.69, 9.17) is 0 Å². The van der Waals surface area contributed by atoms with E-state index >= 15 is 0 Å². The molecule has 1 heteroatoms. The third-order valence-electron chi connectivity index (χ3n) is 4.08. The molecule has 3 atom stereocenters. The van der Waals surface area contributed by atoms with Gasteiger partial charge in [-0.15, -0.1) is 6.58 Å². The highest BCUT2D eigenvalue weighted by atomic mass is 16.3. The van der Waals surface area contributed by atoms with E-state index in [0.717, 1.165) is 12.8 Å². The molecule has 1 rings (SSSR count).